The zero-order chi connectivity index (χ0) is 33.5. The molecule has 0 saturated heterocycles. The molecule has 0 bridgehead atoms. The number of rotatable bonds is 4. The molecular formula is C45H26N4OS. The van der Waals surface area contributed by atoms with E-state index in [1.165, 1.54) is 42.0 Å². The Balaban J connectivity index is 1.10. The first-order valence-corrected chi connectivity index (χ1v) is 17.8. The Morgan fingerprint density at radius 2 is 0.922 bits per heavy atom. The molecule has 5 nitrogen and oxygen atoms in total. The van der Waals surface area contributed by atoms with Crippen molar-refractivity contribution in [2.75, 3.05) is 0 Å². The van der Waals surface area contributed by atoms with Gasteiger partial charge >= 0.3 is 0 Å². The van der Waals surface area contributed by atoms with Gasteiger partial charge in [-0.15, -0.1) is 11.3 Å². The third-order valence-corrected chi connectivity index (χ3v) is 11.0. The molecule has 0 radical (unpaired) electrons. The highest BCUT2D eigenvalue weighted by atomic mass is 32.1. The van der Waals surface area contributed by atoms with E-state index in [9.17, 15) is 0 Å². The molecular weight excluding hydrogens is 645 g/mol. The van der Waals surface area contributed by atoms with Crippen LogP contribution in [0.25, 0.3) is 104 Å². The predicted molar refractivity (Wildman–Crippen MR) is 211 cm³/mol. The summed E-state index contributed by atoms with van der Waals surface area (Å²) in [6, 6.07) is 55.1. The first-order chi connectivity index (χ1) is 25.2. The number of furan rings is 1. The largest absolute Gasteiger partial charge is 0.456 e. The van der Waals surface area contributed by atoms with Crippen LogP contribution in [0.2, 0.25) is 0 Å². The van der Waals surface area contributed by atoms with Crippen molar-refractivity contribution in [1.82, 2.24) is 19.5 Å². The number of hydrogen-bond donors (Lipinski definition) is 0. The molecule has 0 N–H and O–H groups in total. The monoisotopic (exact) mass is 670 g/mol. The minimum Gasteiger partial charge on any atom is -0.456 e. The van der Waals surface area contributed by atoms with Crippen LogP contribution in [0, 0.1) is 0 Å². The van der Waals surface area contributed by atoms with E-state index in [4.69, 9.17) is 19.4 Å². The van der Waals surface area contributed by atoms with E-state index in [1.807, 2.05) is 72.0 Å². The Morgan fingerprint density at radius 1 is 0.392 bits per heavy atom. The average molecular weight is 671 g/mol. The van der Waals surface area contributed by atoms with E-state index in [-0.39, 0.29) is 0 Å². The van der Waals surface area contributed by atoms with E-state index in [1.54, 1.807) is 0 Å². The van der Waals surface area contributed by atoms with Gasteiger partial charge < -0.3 is 8.98 Å². The van der Waals surface area contributed by atoms with Gasteiger partial charge in [0.2, 0.25) is 0 Å². The highest BCUT2D eigenvalue weighted by molar-refractivity contribution is 7.25. The first-order valence-electron chi connectivity index (χ1n) is 16.9. The van der Waals surface area contributed by atoms with Crippen LogP contribution >= 0.6 is 11.3 Å². The van der Waals surface area contributed by atoms with Gasteiger partial charge in [-0.1, -0.05) is 84.9 Å². The number of thiophene rings is 1. The van der Waals surface area contributed by atoms with Crippen LogP contribution in [0.1, 0.15) is 0 Å². The van der Waals surface area contributed by atoms with Gasteiger partial charge in [-0.3, -0.25) is 0 Å². The fraction of sp³-hybridized carbons (Fsp3) is 0. The summed E-state index contributed by atoms with van der Waals surface area (Å²) < 4.78 is 11.0. The third-order valence-electron chi connectivity index (χ3n) is 9.85. The molecule has 0 saturated carbocycles. The maximum absolute atomic E-state index is 6.12. The summed E-state index contributed by atoms with van der Waals surface area (Å²) in [4.78, 5) is 15.2. The molecule has 0 spiro atoms. The number of para-hydroxylation sites is 3. The lowest BCUT2D eigenvalue weighted by Gasteiger charge is -2.09. The normalized spacial score (nSPS) is 11.9. The van der Waals surface area contributed by atoms with Crippen LogP contribution in [-0.4, -0.2) is 19.5 Å². The van der Waals surface area contributed by atoms with Crippen molar-refractivity contribution in [1.29, 1.82) is 0 Å². The van der Waals surface area contributed by atoms with Crippen LogP contribution in [0.15, 0.2) is 162 Å². The summed E-state index contributed by atoms with van der Waals surface area (Å²) in [5, 5.41) is 7.02. The molecule has 11 aromatic rings. The quantitative estimate of drug-likeness (QED) is 0.187. The van der Waals surface area contributed by atoms with Gasteiger partial charge in [0.15, 0.2) is 17.5 Å². The lowest BCUT2D eigenvalue weighted by atomic mass is 10.1. The summed E-state index contributed by atoms with van der Waals surface area (Å²) >= 11 is 1.81. The second-order valence-electron chi connectivity index (χ2n) is 12.8. The number of nitrogens with zero attached hydrogens (tertiary/aromatic N) is 4. The molecule has 0 atom stereocenters. The summed E-state index contributed by atoms with van der Waals surface area (Å²) in [5.74, 6) is 1.89. The minimum atomic E-state index is 0.620. The highest BCUT2D eigenvalue weighted by Gasteiger charge is 2.17. The molecule has 4 heterocycles. The Morgan fingerprint density at radius 3 is 1.65 bits per heavy atom. The van der Waals surface area contributed by atoms with E-state index in [2.05, 4.69) is 102 Å². The Kier molecular flexibility index (Phi) is 6.05. The van der Waals surface area contributed by atoms with Crippen molar-refractivity contribution in [2.45, 2.75) is 0 Å². The maximum atomic E-state index is 6.12. The fourth-order valence-electron chi connectivity index (χ4n) is 7.46. The van der Waals surface area contributed by atoms with Gasteiger partial charge in [0.25, 0.3) is 0 Å². The minimum absolute atomic E-state index is 0.620. The summed E-state index contributed by atoms with van der Waals surface area (Å²) in [6.07, 6.45) is 0. The van der Waals surface area contributed by atoms with Gasteiger partial charge in [0.1, 0.15) is 11.2 Å². The molecule has 11 rings (SSSR count). The van der Waals surface area contributed by atoms with Crippen molar-refractivity contribution in [3.8, 4) is 39.9 Å². The van der Waals surface area contributed by atoms with Gasteiger partial charge in [0, 0.05) is 64.1 Å². The summed E-state index contributed by atoms with van der Waals surface area (Å²) in [7, 11) is 0. The highest BCUT2D eigenvalue weighted by Crippen LogP contribution is 2.40. The van der Waals surface area contributed by atoms with Crippen molar-refractivity contribution in [3.63, 3.8) is 0 Å². The standard InChI is InChI=1S/C45H26N4OS/c1-2-10-27(11-3-1)43-46-44(28-18-21-40-34(24-28)33-14-6-9-17-39(33)50-40)48-45(47-43)29-19-22-41-35(25-29)36-26-30(20-23-42(36)51-41)49-37-15-7-4-12-31(37)32-13-5-8-16-38(32)49/h1-26H. The lowest BCUT2D eigenvalue weighted by Crippen LogP contribution is -2.00. The number of fused-ring (bicyclic) bond motifs is 9. The maximum Gasteiger partial charge on any atom is 0.164 e. The third kappa shape index (κ3) is 4.43. The van der Waals surface area contributed by atoms with Crippen LogP contribution in [0.4, 0.5) is 0 Å². The van der Waals surface area contributed by atoms with Crippen molar-refractivity contribution in [3.05, 3.63) is 158 Å². The molecule has 0 aliphatic heterocycles. The van der Waals surface area contributed by atoms with E-state index in [0.29, 0.717) is 17.5 Å². The Labute approximate surface area is 295 Å². The van der Waals surface area contributed by atoms with Crippen molar-refractivity contribution in [2.24, 2.45) is 0 Å². The molecule has 6 heteroatoms. The van der Waals surface area contributed by atoms with E-state index < -0.39 is 0 Å². The van der Waals surface area contributed by atoms with Gasteiger partial charge in [-0.25, -0.2) is 15.0 Å². The molecule has 0 amide bonds. The Hall–Kier alpha value is -6.63. The summed E-state index contributed by atoms with van der Waals surface area (Å²) in [5.41, 5.74) is 8.04. The topological polar surface area (TPSA) is 56.7 Å². The molecule has 4 aromatic heterocycles. The molecule has 7 aromatic carbocycles. The molecule has 238 valence electrons. The van der Waals surface area contributed by atoms with Crippen LogP contribution in [-0.2, 0) is 0 Å². The van der Waals surface area contributed by atoms with Gasteiger partial charge in [0.05, 0.1) is 11.0 Å². The zero-order valence-corrected chi connectivity index (χ0v) is 27.9. The molecule has 0 aliphatic carbocycles. The smallest absolute Gasteiger partial charge is 0.164 e. The molecule has 0 fully saturated rings. The SMILES string of the molecule is c1ccc(-c2nc(-c3ccc4oc5ccccc5c4c3)nc(-c3ccc4sc5ccc(-n6c7ccccc7c7ccccc76)cc5c4c3)n2)cc1. The summed E-state index contributed by atoms with van der Waals surface area (Å²) in [6.45, 7) is 0. The van der Waals surface area contributed by atoms with Crippen molar-refractivity contribution >= 4 is 75.3 Å². The lowest BCUT2D eigenvalue weighted by molar-refractivity contribution is 0.669. The van der Waals surface area contributed by atoms with Crippen LogP contribution in [0.5, 0.6) is 0 Å². The fourth-order valence-corrected chi connectivity index (χ4v) is 8.53. The second kappa shape index (κ2) is 10.9. The Bertz CT molecular complexity index is 3100. The molecule has 0 unspecified atom stereocenters. The first kappa shape index (κ1) is 28.2. The zero-order valence-electron chi connectivity index (χ0n) is 27.1. The number of hydrogen-bond acceptors (Lipinski definition) is 5. The van der Waals surface area contributed by atoms with Gasteiger partial charge in [-0.05, 0) is 72.8 Å². The predicted octanol–water partition coefficient (Wildman–Crippen LogP) is 12.2. The van der Waals surface area contributed by atoms with E-state index in [0.717, 1.165) is 44.3 Å². The van der Waals surface area contributed by atoms with E-state index >= 15 is 0 Å². The molecule has 0 aliphatic rings. The van der Waals surface area contributed by atoms with Crippen LogP contribution < -0.4 is 0 Å². The molecule has 51 heavy (non-hydrogen) atoms. The second-order valence-corrected chi connectivity index (χ2v) is 13.9. The number of aromatic nitrogens is 4. The number of benzene rings is 7. The van der Waals surface area contributed by atoms with Crippen molar-refractivity contribution < 1.29 is 4.42 Å². The average Bonchev–Trinajstić information content (AvgIpc) is 3.87. The van der Waals surface area contributed by atoms with Crippen LogP contribution in [0.3, 0.4) is 0 Å². The van der Waals surface area contributed by atoms with Gasteiger partial charge in [-0.2, -0.15) is 0 Å².